The Bertz CT molecular complexity index is 495. The van der Waals surface area contributed by atoms with Crippen molar-refractivity contribution >= 4 is 6.29 Å². The normalized spacial score (nSPS) is 9.81. The largest absolute Gasteiger partial charge is 0.437 e. The zero-order chi connectivity index (χ0) is 11.4. The molecule has 4 nitrogen and oxygen atoms in total. The zero-order valence-electron chi connectivity index (χ0n) is 8.75. The number of hydrogen-bond donors (Lipinski definition) is 0. The smallest absolute Gasteiger partial charge is 0.229 e. The summed E-state index contributed by atoms with van der Waals surface area (Å²) in [5, 5.41) is 0. The van der Waals surface area contributed by atoms with E-state index < -0.39 is 0 Å². The third kappa shape index (κ3) is 2.23. The maximum absolute atomic E-state index is 10.7. The van der Waals surface area contributed by atoms with Gasteiger partial charge in [-0.05, 0) is 31.2 Å². The fourth-order valence-electron chi connectivity index (χ4n) is 1.20. The second kappa shape index (κ2) is 4.53. The van der Waals surface area contributed by atoms with Gasteiger partial charge in [-0.25, -0.2) is 4.98 Å². The number of hydrogen-bond acceptors (Lipinski definition) is 4. The first-order valence-electron chi connectivity index (χ1n) is 4.80. The van der Waals surface area contributed by atoms with Crippen molar-refractivity contribution in [1.82, 2.24) is 9.97 Å². The molecule has 0 saturated carbocycles. The van der Waals surface area contributed by atoms with Crippen molar-refractivity contribution in [3.8, 4) is 11.6 Å². The minimum absolute atomic E-state index is 0.295. The standard InChI is InChI=1S/C12H10N2O2/c1-9-4-5-11(7-14-9)16-12-10(8-15)3-2-6-13-12/h2-8H,1H3. The van der Waals surface area contributed by atoms with E-state index in [1.54, 1.807) is 30.6 Å². The van der Waals surface area contributed by atoms with Crippen LogP contribution in [-0.4, -0.2) is 16.3 Å². The molecule has 0 fully saturated rings. The van der Waals surface area contributed by atoms with Crippen LogP contribution < -0.4 is 4.74 Å². The summed E-state index contributed by atoms with van der Waals surface area (Å²) in [6, 6.07) is 6.95. The van der Waals surface area contributed by atoms with E-state index in [2.05, 4.69) is 9.97 Å². The van der Waals surface area contributed by atoms with Crippen LogP contribution in [-0.2, 0) is 0 Å². The number of aromatic nitrogens is 2. The van der Waals surface area contributed by atoms with Crippen molar-refractivity contribution in [2.45, 2.75) is 6.92 Å². The van der Waals surface area contributed by atoms with E-state index in [-0.39, 0.29) is 0 Å². The summed E-state index contributed by atoms with van der Waals surface area (Å²) in [6.45, 7) is 1.89. The molecule has 0 unspecified atom stereocenters. The molecule has 0 atom stereocenters. The van der Waals surface area contributed by atoms with Crippen LogP contribution in [0.25, 0.3) is 0 Å². The van der Waals surface area contributed by atoms with E-state index in [9.17, 15) is 4.79 Å². The van der Waals surface area contributed by atoms with Gasteiger partial charge in [-0.3, -0.25) is 9.78 Å². The molecule has 0 spiro atoms. The van der Waals surface area contributed by atoms with E-state index in [0.717, 1.165) is 5.69 Å². The minimum atomic E-state index is 0.295. The Morgan fingerprint density at radius 1 is 1.25 bits per heavy atom. The number of rotatable bonds is 3. The summed E-state index contributed by atoms with van der Waals surface area (Å²) in [4.78, 5) is 18.8. The van der Waals surface area contributed by atoms with Gasteiger partial charge in [0.05, 0.1) is 11.8 Å². The topological polar surface area (TPSA) is 52.1 Å². The van der Waals surface area contributed by atoms with Crippen molar-refractivity contribution in [1.29, 1.82) is 0 Å². The first kappa shape index (κ1) is 10.3. The number of ether oxygens (including phenoxy) is 1. The first-order chi connectivity index (χ1) is 7.79. The van der Waals surface area contributed by atoms with E-state index in [0.29, 0.717) is 23.5 Å². The molecule has 2 aromatic rings. The summed E-state index contributed by atoms with van der Waals surface area (Å²) >= 11 is 0. The fourth-order valence-corrected chi connectivity index (χ4v) is 1.20. The second-order valence-corrected chi connectivity index (χ2v) is 3.25. The summed E-state index contributed by atoms with van der Waals surface area (Å²) in [7, 11) is 0. The third-order valence-electron chi connectivity index (χ3n) is 2.03. The van der Waals surface area contributed by atoms with E-state index in [1.807, 2.05) is 13.0 Å². The van der Waals surface area contributed by atoms with Crippen LogP contribution in [0.5, 0.6) is 11.6 Å². The molecule has 16 heavy (non-hydrogen) atoms. The van der Waals surface area contributed by atoms with Crippen LogP contribution >= 0.6 is 0 Å². The lowest BCUT2D eigenvalue weighted by molar-refractivity contribution is 0.112. The molecule has 0 N–H and O–H groups in total. The molecule has 0 aromatic carbocycles. The molecule has 0 saturated heterocycles. The maximum Gasteiger partial charge on any atom is 0.229 e. The van der Waals surface area contributed by atoms with Gasteiger partial charge in [0.25, 0.3) is 0 Å². The maximum atomic E-state index is 10.7. The molecule has 0 radical (unpaired) electrons. The SMILES string of the molecule is Cc1ccc(Oc2ncccc2C=O)cn1. The molecule has 0 bridgehead atoms. The van der Waals surface area contributed by atoms with Crippen LogP contribution in [0.1, 0.15) is 16.1 Å². The lowest BCUT2D eigenvalue weighted by atomic mass is 10.3. The van der Waals surface area contributed by atoms with Gasteiger partial charge >= 0.3 is 0 Å². The molecule has 80 valence electrons. The van der Waals surface area contributed by atoms with Crippen LogP contribution in [0, 0.1) is 6.92 Å². The molecule has 0 amide bonds. The van der Waals surface area contributed by atoms with E-state index >= 15 is 0 Å². The van der Waals surface area contributed by atoms with Gasteiger partial charge in [0, 0.05) is 11.9 Å². The number of aryl methyl sites for hydroxylation is 1. The molecule has 0 aliphatic carbocycles. The number of aldehydes is 1. The van der Waals surface area contributed by atoms with Gasteiger partial charge in [0.1, 0.15) is 5.75 Å². The Morgan fingerprint density at radius 2 is 2.12 bits per heavy atom. The van der Waals surface area contributed by atoms with Crippen LogP contribution in [0.4, 0.5) is 0 Å². The molecule has 2 heterocycles. The van der Waals surface area contributed by atoms with E-state index in [4.69, 9.17) is 4.74 Å². The molecular formula is C12H10N2O2. The molecule has 2 aromatic heterocycles. The fraction of sp³-hybridized carbons (Fsp3) is 0.0833. The predicted octanol–water partition coefficient (Wildman–Crippen LogP) is 2.39. The van der Waals surface area contributed by atoms with Gasteiger partial charge in [0.2, 0.25) is 5.88 Å². The number of nitrogens with zero attached hydrogens (tertiary/aromatic N) is 2. The summed E-state index contributed by atoms with van der Waals surface area (Å²) in [6.07, 6.45) is 3.88. The zero-order valence-corrected chi connectivity index (χ0v) is 8.75. The predicted molar refractivity (Wildman–Crippen MR) is 58.7 cm³/mol. The van der Waals surface area contributed by atoms with Gasteiger partial charge in [0.15, 0.2) is 6.29 Å². The van der Waals surface area contributed by atoms with Gasteiger partial charge in [-0.2, -0.15) is 0 Å². The average molecular weight is 214 g/mol. The minimum Gasteiger partial charge on any atom is -0.437 e. The first-order valence-corrected chi connectivity index (χ1v) is 4.80. The van der Waals surface area contributed by atoms with Crippen molar-refractivity contribution in [2.75, 3.05) is 0 Å². The molecular weight excluding hydrogens is 204 g/mol. The van der Waals surface area contributed by atoms with Gasteiger partial charge in [-0.15, -0.1) is 0 Å². The quantitative estimate of drug-likeness (QED) is 0.736. The highest BCUT2D eigenvalue weighted by atomic mass is 16.5. The lowest BCUT2D eigenvalue weighted by Gasteiger charge is -2.05. The number of carbonyl (C=O) groups is 1. The Hall–Kier alpha value is -2.23. The highest BCUT2D eigenvalue weighted by molar-refractivity contribution is 5.78. The summed E-state index contributed by atoms with van der Waals surface area (Å²) in [5.41, 5.74) is 1.33. The highest BCUT2D eigenvalue weighted by Crippen LogP contribution is 2.20. The number of carbonyl (C=O) groups excluding carboxylic acids is 1. The monoisotopic (exact) mass is 214 g/mol. The number of pyridine rings is 2. The Balaban J connectivity index is 2.26. The van der Waals surface area contributed by atoms with Crippen molar-refractivity contribution in [3.05, 3.63) is 47.9 Å². The van der Waals surface area contributed by atoms with Gasteiger partial charge in [-0.1, -0.05) is 0 Å². The van der Waals surface area contributed by atoms with Crippen molar-refractivity contribution < 1.29 is 9.53 Å². The van der Waals surface area contributed by atoms with Crippen molar-refractivity contribution in [3.63, 3.8) is 0 Å². The second-order valence-electron chi connectivity index (χ2n) is 3.25. The Labute approximate surface area is 92.9 Å². The lowest BCUT2D eigenvalue weighted by Crippen LogP contribution is -1.93. The van der Waals surface area contributed by atoms with Crippen molar-refractivity contribution in [2.24, 2.45) is 0 Å². The average Bonchev–Trinajstić information content (AvgIpc) is 2.33. The molecule has 2 rings (SSSR count). The molecule has 0 aliphatic rings. The van der Waals surface area contributed by atoms with Gasteiger partial charge < -0.3 is 4.74 Å². The van der Waals surface area contributed by atoms with Crippen LogP contribution in [0.2, 0.25) is 0 Å². The highest BCUT2D eigenvalue weighted by Gasteiger charge is 2.04. The Kier molecular flexibility index (Phi) is 2.91. The van der Waals surface area contributed by atoms with Crippen LogP contribution in [0.15, 0.2) is 36.7 Å². The van der Waals surface area contributed by atoms with Crippen LogP contribution in [0.3, 0.4) is 0 Å². The third-order valence-corrected chi connectivity index (χ3v) is 2.03. The van der Waals surface area contributed by atoms with E-state index in [1.165, 1.54) is 0 Å². The Morgan fingerprint density at radius 3 is 2.81 bits per heavy atom. The molecule has 4 heteroatoms. The summed E-state index contributed by atoms with van der Waals surface area (Å²) in [5.74, 6) is 0.857. The summed E-state index contributed by atoms with van der Waals surface area (Å²) < 4.78 is 5.45. The molecule has 0 aliphatic heterocycles.